The lowest BCUT2D eigenvalue weighted by atomic mass is 9.95. The van der Waals surface area contributed by atoms with Crippen LogP contribution in [0, 0.1) is 0 Å². The monoisotopic (exact) mass is 471 g/mol. The van der Waals surface area contributed by atoms with Crippen LogP contribution < -0.4 is 5.32 Å². The normalized spacial score (nSPS) is 29.6. The summed E-state index contributed by atoms with van der Waals surface area (Å²) in [4.78, 5) is 23.7. The fourth-order valence-corrected chi connectivity index (χ4v) is 4.09. The van der Waals surface area contributed by atoms with Gasteiger partial charge in [-0.3, -0.25) is 4.79 Å². The Balaban J connectivity index is 1.59. The highest BCUT2D eigenvalue weighted by atomic mass is 16.8. The van der Waals surface area contributed by atoms with E-state index in [4.69, 9.17) is 23.7 Å². The molecule has 9 heteroatoms. The smallest absolute Gasteiger partial charge is 0.332 e. The summed E-state index contributed by atoms with van der Waals surface area (Å²) in [6.07, 6.45) is -4.87. The third-order valence-electron chi connectivity index (χ3n) is 5.75. The molecule has 0 radical (unpaired) electrons. The van der Waals surface area contributed by atoms with Crippen molar-refractivity contribution < 1.29 is 38.4 Å². The highest BCUT2D eigenvalue weighted by molar-refractivity contribution is 5.73. The molecule has 2 aliphatic rings. The molecule has 2 saturated heterocycles. The van der Waals surface area contributed by atoms with E-state index in [0.29, 0.717) is 0 Å². The van der Waals surface area contributed by atoms with Crippen LogP contribution in [0.3, 0.4) is 0 Å². The number of amides is 1. The molecule has 9 nitrogen and oxygen atoms in total. The minimum absolute atomic E-state index is 0.184. The molecule has 1 unspecified atom stereocenters. The molecule has 2 aromatic carbocycles. The second-order valence-corrected chi connectivity index (χ2v) is 8.32. The lowest BCUT2D eigenvalue weighted by Gasteiger charge is -2.49. The molecule has 2 fully saturated rings. The van der Waals surface area contributed by atoms with E-state index in [-0.39, 0.29) is 19.1 Å². The van der Waals surface area contributed by atoms with Gasteiger partial charge in [-0.05, 0) is 12.5 Å². The van der Waals surface area contributed by atoms with E-state index in [0.717, 1.165) is 11.1 Å². The van der Waals surface area contributed by atoms with Gasteiger partial charge in [0, 0.05) is 12.5 Å². The number of hydrogen-bond donors (Lipinski definition) is 2. The molecule has 7 atom stereocenters. The summed E-state index contributed by atoms with van der Waals surface area (Å²) >= 11 is 0. The Hall–Kier alpha value is -2.82. The van der Waals surface area contributed by atoms with Crippen LogP contribution in [0.1, 0.15) is 31.3 Å². The van der Waals surface area contributed by atoms with Gasteiger partial charge in [0.05, 0.1) is 13.2 Å². The van der Waals surface area contributed by atoms with Gasteiger partial charge in [-0.1, -0.05) is 60.7 Å². The van der Waals surface area contributed by atoms with Crippen molar-refractivity contribution in [3.8, 4) is 0 Å². The Kier molecular flexibility index (Phi) is 7.91. The Morgan fingerprint density at radius 3 is 2.41 bits per heavy atom. The fraction of sp³-hybridized carbons (Fsp3) is 0.440. The zero-order valence-corrected chi connectivity index (χ0v) is 19.0. The van der Waals surface area contributed by atoms with Gasteiger partial charge in [-0.15, -0.1) is 0 Å². The van der Waals surface area contributed by atoms with Crippen LogP contribution >= 0.6 is 0 Å². The number of carboxylic acids is 1. The number of ether oxygens (including phenoxy) is 5. The summed E-state index contributed by atoms with van der Waals surface area (Å²) in [6.45, 7) is 3.22. The molecule has 2 N–H and O–H groups in total. The van der Waals surface area contributed by atoms with Crippen LogP contribution in [0.5, 0.6) is 0 Å². The van der Waals surface area contributed by atoms with E-state index in [1.165, 1.54) is 13.8 Å². The highest BCUT2D eigenvalue weighted by Gasteiger charge is 2.52. The molecule has 0 spiro atoms. The number of carbonyl (C=O) groups excluding carboxylic acids is 1. The van der Waals surface area contributed by atoms with Crippen molar-refractivity contribution in [1.29, 1.82) is 0 Å². The van der Waals surface area contributed by atoms with Crippen molar-refractivity contribution in [3.05, 3.63) is 71.8 Å². The molecule has 1 amide bonds. The third kappa shape index (κ3) is 5.81. The van der Waals surface area contributed by atoms with E-state index >= 15 is 0 Å². The number of carbonyl (C=O) groups is 2. The first kappa shape index (κ1) is 24.3. The van der Waals surface area contributed by atoms with Crippen molar-refractivity contribution in [2.24, 2.45) is 0 Å². The molecule has 34 heavy (non-hydrogen) atoms. The van der Waals surface area contributed by atoms with Gasteiger partial charge >= 0.3 is 5.97 Å². The quantitative estimate of drug-likeness (QED) is 0.604. The zero-order chi connectivity index (χ0) is 24.1. The number of carboxylic acid groups (broad SMARTS) is 1. The first-order chi connectivity index (χ1) is 16.4. The molecular formula is C25H29NO8. The predicted octanol–water partition coefficient (Wildman–Crippen LogP) is 2.41. The Labute approximate surface area is 197 Å². The summed E-state index contributed by atoms with van der Waals surface area (Å²) in [5.41, 5.74) is 1.73. The summed E-state index contributed by atoms with van der Waals surface area (Å²) in [5.74, 6) is -1.46. The topological polar surface area (TPSA) is 113 Å². The molecule has 182 valence electrons. The van der Waals surface area contributed by atoms with Crippen molar-refractivity contribution in [2.75, 3.05) is 6.61 Å². The van der Waals surface area contributed by atoms with Crippen LogP contribution in [0.15, 0.2) is 60.7 Å². The average Bonchev–Trinajstić information content (AvgIpc) is 2.84. The maximum Gasteiger partial charge on any atom is 0.332 e. The number of hydrogen-bond acceptors (Lipinski definition) is 7. The maximum absolute atomic E-state index is 12.1. The van der Waals surface area contributed by atoms with Crippen LogP contribution in [-0.4, -0.2) is 60.3 Å². The second-order valence-electron chi connectivity index (χ2n) is 8.32. The van der Waals surface area contributed by atoms with E-state index in [9.17, 15) is 14.7 Å². The lowest BCUT2D eigenvalue weighted by Crippen LogP contribution is -2.67. The molecule has 0 aliphatic carbocycles. The molecule has 0 saturated carbocycles. The minimum atomic E-state index is -1.14. The van der Waals surface area contributed by atoms with Gasteiger partial charge in [-0.2, -0.15) is 0 Å². The SMILES string of the molecule is CC(=O)N[C@H]1[C@H](OCc2ccccc2)O[C@@H]2COC(c3ccccc3)O[C@H]2[C@@H]1O[C@H](C)C(=O)O. The fourth-order valence-electron chi connectivity index (χ4n) is 4.09. The molecule has 0 bridgehead atoms. The molecule has 2 aromatic rings. The summed E-state index contributed by atoms with van der Waals surface area (Å²) in [7, 11) is 0. The molecule has 2 aliphatic heterocycles. The Bertz CT molecular complexity index is 956. The summed E-state index contributed by atoms with van der Waals surface area (Å²) in [5, 5.41) is 12.3. The number of nitrogens with one attached hydrogen (secondary N) is 1. The maximum atomic E-state index is 12.1. The summed E-state index contributed by atoms with van der Waals surface area (Å²) in [6, 6.07) is 18.1. The highest BCUT2D eigenvalue weighted by Crippen LogP contribution is 2.36. The van der Waals surface area contributed by atoms with E-state index in [2.05, 4.69) is 5.32 Å². The number of aliphatic carboxylic acids is 1. The van der Waals surface area contributed by atoms with E-state index in [1.807, 2.05) is 60.7 Å². The van der Waals surface area contributed by atoms with Gasteiger partial charge in [0.2, 0.25) is 5.91 Å². The van der Waals surface area contributed by atoms with Crippen LogP contribution in [0.2, 0.25) is 0 Å². The Morgan fingerprint density at radius 2 is 1.76 bits per heavy atom. The number of rotatable bonds is 8. The standard InChI is InChI=1S/C25H29NO8/c1-15(23(28)29)32-22-20(26-16(2)27)25(30-13-17-9-5-3-6-10-17)33-19-14-31-24(34-21(19)22)18-11-7-4-8-12-18/h3-12,15,19-22,24-25H,13-14H2,1-2H3,(H,26,27)(H,28,29)/t15-,19-,20-,21-,22-,24?,25-/m1/s1. The van der Waals surface area contributed by atoms with E-state index < -0.39 is 49.0 Å². The first-order valence-electron chi connectivity index (χ1n) is 11.2. The Morgan fingerprint density at radius 1 is 1.09 bits per heavy atom. The molecule has 0 aromatic heterocycles. The van der Waals surface area contributed by atoms with Crippen LogP contribution in [0.25, 0.3) is 0 Å². The minimum Gasteiger partial charge on any atom is -0.479 e. The number of benzene rings is 2. The molecule has 4 rings (SSSR count). The van der Waals surface area contributed by atoms with Crippen molar-refractivity contribution in [2.45, 2.75) is 63.5 Å². The first-order valence-corrected chi connectivity index (χ1v) is 11.2. The summed E-state index contributed by atoms with van der Waals surface area (Å²) < 4.78 is 30.3. The van der Waals surface area contributed by atoms with Gasteiger partial charge < -0.3 is 34.1 Å². The van der Waals surface area contributed by atoms with Crippen molar-refractivity contribution in [1.82, 2.24) is 5.32 Å². The largest absolute Gasteiger partial charge is 0.479 e. The average molecular weight is 472 g/mol. The predicted molar refractivity (Wildman–Crippen MR) is 119 cm³/mol. The van der Waals surface area contributed by atoms with Gasteiger partial charge in [0.15, 0.2) is 18.7 Å². The van der Waals surface area contributed by atoms with Gasteiger partial charge in [0.1, 0.15) is 24.4 Å². The van der Waals surface area contributed by atoms with E-state index in [1.54, 1.807) is 0 Å². The molecular weight excluding hydrogens is 442 g/mol. The zero-order valence-electron chi connectivity index (χ0n) is 19.0. The van der Waals surface area contributed by atoms with Crippen LogP contribution in [0.4, 0.5) is 0 Å². The van der Waals surface area contributed by atoms with Crippen molar-refractivity contribution >= 4 is 11.9 Å². The molecule has 2 heterocycles. The second kappa shape index (κ2) is 11.1. The van der Waals surface area contributed by atoms with Crippen molar-refractivity contribution in [3.63, 3.8) is 0 Å². The third-order valence-corrected chi connectivity index (χ3v) is 5.75. The lowest BCUT2D eigenvalue weighted by molar-refractivity contribution is -0.351. The van der Waals surface area contributed by atoms with Gasteiger partial charge in [0.25, 0.3) is 0 Å². The number of fused-ring (bicyclic) bond motifs is 1. The van der Waals surface area contributed by atoms with Gasteiger partial charge in [-0.25, -0.2) is 4.79 Å². The van der Waals surface area contributed by atoms with Crippen LogP contribution in [-0.2, 0) is 39.9 Å².